The number of hydrogen-bond acceptors (Lipinski definition) is 3. The van der Waals surface area contributed by atoms with Crippen molar-refractivity contribution < 1.29 is 9.53 Å². The van der Waals surface area contributed by atoms with Crippen LogP contribution in [0.25, 0.3) is 0 Å². The molecule has 13 heavy (non-hydrogen) atoms. The Bertz CT molecular complexity index is 131. The fraction of sp³-hybridized carbons (Fsp3) is 0.900. The summed E-state index contributed by atoms with van der Waals surface area (Å²) in [6.07, 6.45) is 5.74. The predicted octanol–water partition coefficient (Wildman–Crippen LogP) is 1.70. The molecular formula is C10H21NO2. The zero-order valence-corrected chi connectivity index (χ0v) is 8.71. The van der Waals surface area contributed by atoms with Gasteiger partial charge in [0.1, 0.15) is 0 Å². The Kier molecular flexibility index (Phi) is 7.69. The summed E-state index contributed by atoms with van der Waals surface area (Å²) in [4.78, 5) is 10.9. The molecule has 2 N–H and O–H groups in total. The van der Waals surface area contributed by atoms with Crippen LogP contribution >= 0.6 is 0 Å². The van der Waals surface area contributed by atoms with Crippen LogP contribution in [0, 0.1) is 5.92 Å². The van der Waals surface area contributed by atoms with Crippen molar-refractivity contribution in [3.05, 3.63) is 0 Å². The molecule has 1 rings (SSSR count). The van der Waals surface area contributed by atoms with Crippen LogP contribution < -0.4 is 5.73 Å². The second-order valence-electron chi connectivity index (χ2n) is 3.27. The molecule has 1 aliphatic rings. The lowest BCUT2D eigenvalue weighted by Crippen LogP contribution is -2.18. The number of carbonyl (C=O) groups excluding carboxylic acids is 1. The monoisotopic (exact) mass is 187 g/mol. The normalized spacial score (nSPS) is 17.2. The van der Waals surface area contributed by atoms with Crippen molar-refractivity contribution in [2.75, 3.05) is 13.7 Å². The second-order valence-corrected chi connectivity index (χ2v) is 3.27. The Labute approximate surface area is 80.6 Å². The molecular weight excluding hydrogens is 166 g/mol. The van der Waals surface area contributed by atoms with E-state index >= 15 is 0 Å². The Morgan fingerprint density at radius 3 is 2.23 bits per heavy atom. The summed E-state index contributed by atoms with van der Waals surface area (Å²) in [5, 5.41) is 0. The highest BCUT2D eigenvalue weighted by Crippen LogP contribution is 2.24. The molecule has 1 fully saturated rings. The number of nitrogens with two attached hydrogens (primary N) is 1. The van der Waals surface area contributed by atoms with Gasteiger partial charge in [0.05, 0.1) is 13.0 Å². The van der Waals surface area contributed by atoms with Gasteiger partial charge < -0.3 is 10.5 Å². The summed E-state index contributed by atoms with van der Waals surface area (Å²) in [5.41, 5.74) is 4.85. The lowest BCUT2D eigenvalue weighted by atomic mass is 9.89. The molecule has 1 aliphatic carbocycles. The third-order valence-corrected chi connectivity index (χ3v) is 2.14. The molecule has 0 aromatic rings. The average molecular weight is 187 g/mol. The molecule has 1 saturated carbocycles. The fourth-order valence-corrected chi connectivity index (χ4v) is 1.50. The van der Waals surface area contributed by atoms with E-state index in [9.17, 15) is 4.79 Å². The SMILES string of the molecule is CCN.COC(=O)C1CCCCC1. The van der Waals surface area contributed by atoms with Gasteiger partial charge in [0.15, 0.2) is 0 Å². The first-order valence-corrected chi connectivity index (χ1v) is 5.04. The van der Waals surface area contributed by atoms with Crippen molar-refractivity contribution in [1.82, 2.24) is 0 Å². The van der Waals surface area contributed by atoms with Crippen LogP contribution in [0.15, 0.2) is 0 Å². The van der Waals surface area contributed by atoms with Gasteiger partial charge in [0, 0.05) is 0 Å². The maximum atomic E-state index is 10.9. The molecule has 0 spiro atoms. The van der Waals surface area contributed by atoms with Gasteiger partial charge in [-0.05, 0) is 19.4 Å². The van der Waals surface area contributed by atoms with Gasteiger partial charge in [-0.25, -0.2) is 0 Å². The van der Waals surface area contributed by atoms with E-state index in [0.717, 1.165) is 19.4 Å². The van der Waals surface area contributed by atoms with Crippen LogP contribution in [-0.2, 0) is 9.53 Å². The Morgan fingerprint density at radius 1 is 1.38 bits per heavy atom. The van der Waals surface area contributed by atoms with Gasteiger partial charge in [-0.15, -0.1) is 0 Å². The minimum absolute atomic E-state index is 0.0142. The van der Waals surface area contributed by atoms with E-state index in [0.29, 0.717) is 0 Å². The third kappa shape index (κ3) is 5.64. The fourth-order valence-electron chi connectivity index (χ4n) is 1.50. The maximum absolute atomic E-state index is 10.9. The van der Waals surface area contributed by atoms with E-state index < -0.39 is 0 Å². The Balaban J connectivity index is 0.000000424. The molecule has 0 atom stereocenters. The first-order chi connectivity index (χ1) is 6.26. The molecule has 0 amide bonds. The summed E-state index contributed by atoms with van der Waals surface area (Å²) >= 11 is 0. The minimum atomic E-state index is -0.0142. The maximum Gasteiger partial charge on any atom is 0.308 e. The minimum Gasteiger partial charge on any atom is -0.469 e. The Hall–Kier alpha value is -0.570. The third-order valence-electron chi connectivity index (χ3n) is 2.14. The van der Waals surface area contributed by atoms with Gasteiger partial charge in [0.25, 0.3) is 0 Å². The quantitative estimate of drug-likeness (QED) is 0.636. The van der Waals surface area contributed by atoms with Crippen LogP contribution in [0.3, 0.4) is 0 Å². The highest BCUT2D eigenvalue weighted by Gasteiger charge is 2.20. The molecule has 0 bridgehead atoms. The molecule has 0 radical (unpaired) electrons. The summed E-state index contributed by atoms with van der Waals surface area (Å²) in [6, 6.07) is 0. The second kappa shape index (κ2) is 8.05. The first kappa shape index (κ1) is 12.4. The summed E-state index contributed by atoms with van der Waals surface area (Å²) in [6.45, 7) is 2.65. The lowest BCUT2D eigenvalue weighted by Gasteiger charge is -2.18. The number of rotatable bonds is 1. The van der Waals surface area contributed by atoms with E-state index in [2.05, 4.69) is 4.74 Å². The zero-order chi connectivity index (χ0) is 10.1. The van der Waals surface area contributed by atoms with Gasteiger partial charge >= 0.3 is 5.97 Å². The van der Waals surface area contributed by atoms with Crippen LogP contribution in [0.5, 0.6) is 0 Å². The van der Waals surface area contributed by atoms with Crippen molar-refractivity contribution >= 4 is 5.97 Å². The molecule has 0 unspecified atom stereocenters. The number of carbonyl (C=O) groups is 1. The van der Waals surface area contributed by atoms with Crippen molar-refractivity contribution in [3.8, 4) is 0 Å². The van der Waals surface area contributed by atoms with Gasteiger partial charge in [-0.2, -0.15) is 0 Å². The molecule has 3 heteroatoms. The molecule has 0 aliphatic heterocycles. The smallest absolute Gasteiger partial charge is 0.308 e. The van der Waals surface area contributed by atoms with Gasteiger partial charge in [0.2, 0.25) is 0 Å². The van der Waals surface area contributed by atoms with Gasteiger partial charge in [-0.3, -0.25) is 4.79 Å². The van der Waals surface area contributed by atoms with Crippen molar-refractivity contribution in [1.29, 1.82) is 0 Å². The number of hydrogen-bond donors (Lipinski definition) is 1. The number of methoxy groups -OCH3 is 1. The molecule has 0 saturated heterocycles. The number of ether oxygens (including phenoxy) is 1. The predicted molar refractivity (Wildman–Crippen MR) is 53.3 cm³/mol. The van der Waals surface area contributed by atoms with E-state index in [4.69, 9.17) is 5.73 Å². The summed E-state index contributed by atoms with van der Waals surface area (Å²) < 4.78 is 4.65. The Morgan fingerprint density at radius 2 is 1.85 bits per heavy atom. The van der Waals surface area contributed by atoms with E-state index in [1.54, 1.807) is 0 Å². The topological polar surface area (TPSA) is 52.3 Å². The first-order valence-electron chi connectivity index (χ1n) is 5.04. The van der Waals surface area contributed by atoms with Crippen molar-refractivity contribution in [2.45, 2.75) is 39.0 Å². The van der Waals surface area contributed by atoms with Crippen LogP contribution in [-0.4, -0.2) is 19.6 Å². The van der Waals surface area contributed by atoms with E-state index in [1.807, 2.05) is 6.92 Å². The summed E-state index contributed by atoms with van der Waals surface area (Å²) in [7, 11) is 1.47. The van der Waals surface area contributed by atoms with Crippen LogP contribution in [0.1, 0.15) is 39.0 Å². The van der Waals surface area contributed by atoms with Crippen molar-refractivity contribution in [2.24, 2.45) is 11.7 Å². The van der Waals surface area contributed by atoms with Crippen molar-refractivity contribution in [3.63, 3.8) is 0 Å². The molecule has 0 heterocycles. The lowest BCUT2D eigenvalue weighted by molar-refractivity contribution is -0.146. The largest absolute Gasteiger partial charge is 0.469 e. The molecule has 78 valence electrons. The van der Waals surface area contributed by atoms with Crippen LogP contribution in [0.4, 0.5) is 0 Å². The van der Waals surface area contributed by atoms with Crippen LogP contribution in [0.2, 0.25) is 0 Å². The highest BCUT2D eigenvalue weighted by molar-refractivity contribution is 5.72. The summed E-state index contributed by atoms with van der Waals surface area (Å²) in [5.74, 6) is 0.193. The zero-order valence-electron chi connectivity index (χ0n) is 8.71. The molecule has 0 aromatic carbocycles. The van der Waals surface area contributed by atoms with E-state index in [1.165, 1.54) is 26.4 Å². The molecule has 3 nitrogen and oxygen atoms in total. The average Bonchev–Trinajstić information content (AvgIpc) is 2.19. The molecule has 0 aromatic heterocycles. The highest BCUT2D eigenvalue weighted by atomic mass is 16.5. The number of esters is 1. The standard InChI is InChI=1S/C8H14O2.C2H7N/c1-10-8(9)7-5-3-2-4-6-7;1-2-3/h7H,2-6H2,1H3;2-3H2,1H3. The van der Waals surface area contributed by atoms with E-state index in [-0.39, 0.29) is 11.9 Å². The van der Waals surface area contributed by atoms with Gasteiger partial charge in [-0.1, -0.05) is 26.2 Å².